The molecule has 1 atom stereocenters. The van der Waals surface area contributed by atoms with E-state index >= 15 is 0 Å². The van der Waals surface area contributed by atoms with Gasteiger partial charge in [-0.1, -0.05) is 29.8 Å². The number of aldehydes is 1. The molecule has 0 N–H and O–H groups in total. The Balaban J connectivity index is 2.92. The Morgan fingerprint density at radius 3 is 2.81 bits per heavy atom. The Bertz CT molecular complexity index is 371. The average molecular weight is 220 g/mol. The van der Waals surface area contributed by atoms with Crippen LogP contribution in [0.5, 0.6) is 0 Å². The van der Waals surface area contributed by atoms with Crippen molar-refractivity contribution in [2.24, 2.45) is 0 Å². The van der Waals surface area contributed by atoms with Crippen LogP contribution < -0.4 is 0 Å². The zero-order valence-corrected chi connectivity index (χ0v) is 9.60. The smallest absolute Gasteiger partial charge is 0.313 e. The third-order valence-corrected chi connectivity index (χ3v) is 2.35. The van der Waals surface area contributed by atoms with E-state index in [-0.39, 0.29) is 12.4 Å². The van der Waals surface area contributed by atoms with Gasteiger partial charge in [-0.05, 0) is 19.4 Å². The summed E-state index contributed by atoms with van der Waals surface area (Å²) in [5.41, 5.74) is 1.91. The molecule has 86 valence electrons. The van der Waals surface area contributed by atoms with E-state index in [0.717, 1.165) is 17.4 Å². The van der Waals surface area contributed by atoms with Crippen LogP contribution in [0.1, 0.15) is 30.4 Å². The zero-order valence-electron chi connectivity index (χ0n) is 9.60. The third kappa shape index (κ3) is 3.19. The van der Waals surface area contributed by atoms with Crippen molar-refractivity contribution in [3.63, 3.8) is 0 Å². The molecule has 0 fully saturated rings. The van der Waals surface area contributed by atoms with Crippen molar-refractivity contribution >= 4 is 12.3 Å². The van der Waals surface area contributed by atoms with Gasteiger partial charge in [0.05, 0.1) is 12.5 Å². The predicted molar refractivity (Wildman–Crippen MR) is 61.2 cm³/mol. The number of esters is 1. The fourth-order valence-corrected chi connectivity index (χ4v) is 1.59. The van der Waals surface area contributed by atoms with Gasteiger partial charge in [0.1, 0.15) is 6.29 Å². The van der Waals surface area contributed by atoms with Gasteiger partial charge < -0.3 is 9.53 Å². The van der Waals surface area contributed by atoms with Gasteiger partial charge in [0.15, 0.2) is 0 Å². The summed E-state index contributed by atoms with van der Waals surface area (Å²) in [6.07, 6.45) is 0.923. The van der Waals surface area contributed by atoms with E-state index in [2.05, 4.69) is 0 Å². The molecule has 16 heavy (non-hydrogen) atoms. The summed E-state index contributed by atoms with van der Waals surface area (Å²) in [5.74, 6) is -0.808. The SMILES string of the molecule is CCOC(=O)C(CC=O)c1cccc(C)c1. The lowest BCUT2D eigenvalue weighted by Gasteiger charge is -2.13. The Labute approximate surface area is 95.4 Å². The molecule has 3 nitrogen and oxygen atoms in total. The molecule has 0 heterocycles. The third-order valence-electron chi connectivity index (χ3n) is 2.35. The van der Waals surface area contributed by atoms with E-state index in [1.807, 2.05) is 31.2 Å². The molecule has 0 saturated carbocycles. The van der Waals surface area contributed by atoms with Gasteiger partial charge in [0.25, 0.3) is 0 Å². The van der Waals surface area contributed by atoms with Crippen LogP contribution in [0.4, 0.5) is 0 Å². The highest BCUT2D eigenvalue weighted by Crippen LogP contribution is 2.21. The lowest BCUT2D eigenvalue weighted by Crippen LogP contribution is -2.16. The van der Waals surface area contributed by atoms with Crippen LogP contribution in [0, 0.1) is 6.92 Å². The average Bonchev–Trinajstić information content (AvgIpc) is 2.26. The highest BCUT2D eigenvalue weighted by atomic mass is 16.5. The maximum atomic E-state index is 11.7. The Hall–Kier alpha value is -1.64. The molecule has 1 unspecified atom stereocenters. The molecular weight excluding hydrogens is 204 g/mol. The van der Waals surface area contributed by atoms with E-state index in [4.69, 9.17) is 4.74 Å². The monoisotopic (exact) mass is 220 g/mol. The second-order valence-corrected chi connectivity index (χ2v) is 3.62. The highest BCUT2D eigenvalue weighted by molar-refractivity contribution is 5.81. The normalized spacial score (nSPS) is 11.9. The zero-order chi connectivity index (χ0) is 12.0. The summed E-state index contributed by atoms with van der Waals surface area (Å²) in [6, 6.07) is 7.58. The molecule has 0 aromatic heterocycles. The van der Waals surface area contributed by atoms with Crippen molar-refractivity contribution in [3.8, 4) is 0 Å². The Morgan fingerprint density at radius 1 is 1.50 bits per heavy atom. The van der Waals surface area contributed by atoms with Crippen molar-refractivity contribution in [1.82, 2.24) is 0 Å². The Kier molecular flexibility index (Phi) is 4.70. The molecule has 1 rings (SSSR count). The number of rotatable bonds is 5. The van der Waals surface area contributed by atoms with Gasteiger partial charge in [-0.3, -0.25) is 4.79 Å². The molecule has 3 heteroatoms. The summed E-state index contributed by atoms with van der Waals surface area (Å²) < 4.78 is 4.95. The van der Waals surface area contributed by atoms with Crippen LogP contribution in [0.2, 0.25) is 0 Å². The van der Waals surface area contributed by atoms with E-state index < -0.39 is 5.92 Å². The minimum atomic E-state index is -0.475. The molecule has 0 aliphatic heterocycles. The van der Waals surface area contributed by atoms with E-state index in [0.29, 0.717) is 6.61 Å². The first kappa shape index (κ1) is 12.4. The molecule has 0 aliphatic carbocycles. The predicted octanol–water partition coefficient (Wildman–Crippen LogP) is 2.23. The second kappa shape index (κ2) is 6.05. The summed E-state index contributed by atoms with van der Waals surface area (Å²) >= 11 is 0. The molecular formula is C13H16O3. The molecule has 0 radical (unpaired) electrons. The largest absolute Gasteiger partial charge is 0.466 e. The van der Waals surface area contributed by atoms with Crippen molar-refractivity contribution in [1.29, 1.82) is 0 Å². The number of hydrogen-bond acceptors (Lipinski definition) is 3. The van der Waals surface area contributed by atoms with Gasteiger partial charge in [-0.2, -0.15) is 0 Å². The number of benzene rings is 1. The maximum Gasteiger partial charge on any atom is 0.313 e. The number of carbonyl (C=O) groups is 2. The van der Waals surface area contributed by atoms with Crippen molar-refractivity contribution in [2.45, 2.75) is 26.2 Å². The van der Waals surface area contributed by atoms with Crippen LogP contribution in [-0.4, -0.2) is 18.9 Å². The minimum absolute atomic E-state index is 0.169. The minimum Gasteiger partial charge on any atom is -0.466 e. The molecule has 0 bridgehead atoms. The van der Waals surface area contributed by atoms with Gasteiger partial charge in [-0.15, -0.1) is 0 Å². The summed E-state index contributed by atoms with van der Waals surface area (Å²) in [5, 5.41) is 0. The van der Waals surface area contributed by atoms with Crippen molar-refractivity contribution in [3.05, 3.63) is 35.4 Å². The highest BCUT2D eigenvalue weighted by Gasteiger charge is 2.21. The van der Waals surface area contributed by atoms with Crippen LogP contribution in [-0.2, 0) is 14.3 Å². The summed E-state index contributed by atoms with van der Waals surface area (Å²) in [7, 11) is 0. The number of ether oxygens (including phenoxy) is 1. The molecule has 0 aliphatic rings. The summed E-state index contributed by atoms with van der Waals surface area (Å²) in [6.45, 7) is 4.04. The van der Waals surface area contributed by atoms with Crippen LogP contribution >= 0.6 is 0 Å². The maximum absolute atomic E-state index is 11.7. The van der Waals surface area contributed by atoms with Crippen LogP contribution in [0.25, 0.3) is 0 Å². The van der Waals surface area contributed by atoms with Crippen molar-refractivity contribution in [2.75, 3.05) is 6.61 Å². The molecule has 1 aromatic carbocycles. The number of aryl methyl sites for hydroxylation is 1. The molecule has 0 saturated heterocycles. The number of hydrogen-bond donors (Lipinski definition) is 0. The van der Waals surface area contributed by atoms with Gasteiger partial charge in [-0.25, -0.2) is 0 Å². The van der Waals surface area contributed by atoms with Gasteiger partial charge in [0, 0.05) is 6.42 Å². The summed E-state index contributed by atoms with van der Waals surface area (Å²) in [4.78, 5) is 22.2. The van der Waals surface area contributed by atoms with Crippen molar-refractivity contribution < 1.29 is 14.3 Å². The fraction of sp³-hybridized carbons (Fsp3) is 0.385. The van der Waals surface area contributed by atoms with E-state index in [1.165, 1.54) is 0 Å². The van der Waals surface area contributed by atoms with Gasteiger partial charge in [0.2, 0.25) is 0 Å². The quantitative estimate of drug-likeness (QED) is 0.564. The molecule has 0 spiro atoms. The molecule has 0 amide bonds. The van der Waals surface area contributed by atoms with E-state index in [9.17, 15) is 9.59 Å². The van der Waals surface area contributed by atoms with Crippen LogP contribution in [0.15, 0.2) is 24.3 Å². The topological polar surface area (TPSA) is 43.4 Å². The Morgan fingerprint density at radius 2 is 2.25 bits per heavy atom. The van der Waals surface area contributed by atoms with Crippen LogP contribution in [0.3, 0.4) is 0 Å². The first-order chi connectivity index (χ1) is 7.69. The fourth-order valence-electron chi connectivity index (χ4n) is 1.59. The first-order valence-corrected chi connectivity index (χ1v) is 5.35. The van der Waals surface area contributed by atoms with Gasteiger partial charge >= 0.3 is 5.97 Å². The lowest BCUT2D eigenvalue weighted by atomic mass is 9.95. The molecule has 1 aromatic rings. The second-order valence-electron chi connectivity index (χ2n) is 3.62. The standard InChI is InChI=1S/C13H16O3/c1-3-16-13(15)12(7-8-14)11-6-4-5-10(2)9-11/h4-6,8-9,12H,3,7H2,1-2H3. The van der Waals surface area contributed by atoms with E-state index in [1.54, 1.807) is 6.92 Å². The number of carbonyl (C=O) groups excluding carboxylic acids is 2. The lowest BCUT2D eigenvalue weighted by molar-refractivity contribution is -0.145. The first-order valence-electron chi connectivity index (χ1n) is 5.35.